The highest BCUT2D eigenvalue weighted by Crippen LogP contribution is 2.27. The van der Waals surface area contributed by atoms with Crippen molar-refractivity contribution >= 4 is 39.3 Å². The van der Waals surface area contributed by atoms with Crippen LogP contribution in [0.2, 0.25) is 0 Å². The first kappa shape index (κ1) is 17.9. The molecule has 0 aromatic heterocycles. The van der Waals surface area contributed by atoms with Crippen molar-refractivity contribution in [3.8, 4) is 0 Å². The van der Waals surface area contributed by atoms with Crippen LogP contribution in [-0.2, 0) is 4.74 Å². The molecule has 0 radical (unpaired) electrons. The number of rotatable bonds is 4. The van der Waals surface area contributed by atoms with E-state index in [2.05, 4.69) is 21.2 Å². The van der Waals surface area contributed by atoms with E-state index in [-0.39, 0.29) is 30.4 Å². The average Bonchev–Trinajstić information content (AvgIpc) is 3.25. The van der Waals surface area contributed by atoms with Crippen LogP contribution in [0.3, 0.4) is 0 Å². The lowest BCUT2D eigenvalue weighted by molar-refractivity contribution is 0.0475. The molecule has 0 aliphatic carbocycles. The minimum absolute atomic E-state index is 0.0945. The Hall–Kier alpha value is -2.51. The number of carbonyl (C=O) groups excluding carboxylic acids is 3. The van der Waals surface area contributed by atoms with Crippen molar-refractivity contribution < 1.29 is 19.1 Å². The van der Waals surface area contributed by atoms with Gasteiger partial charge in [-0.1, -0.05) is 22.0 Å². The lowest BCUT2D eigenvalue weighted by Gasteiger charge is -2.17. The van der Waals surface area contributed by atoms with E-state index in [0.717, 1.165) is 17.3 Å². The first-order chi connectivity index (χ1) is 13.0. The van der Waals surface area contributed by atoms with Crippen molar-refractivity contribution in [2.45, 2.75) is 18.9 Å². The van der Waals surface area contributed by atoms with Gasteiger partial charge in [-0.05, 0) is 49.2 Å². The van der Waals surface area contributed by atoms with Crippen molar-refractivity contribution in [1.82, 2.24) is 4.90 Å². The zero-order chi connectivity index (χ0) is 19.0. The van der Waals surface area contributed by atoms with Crippen LogP contribution in [0.15, 0.2) is 46.9 Å². The number of ether oxygens (including phenoxy) is 1. The van der Waals surface area contributed by atoms with Crippen LogP contribution >= 0.6 is 15.9 Å². The van der Waals surface area contributed by atoms with Gasteiger partial charge < -0.3 is 10.1 Å². The molecule has 2 aromatic carbocycles. The van der Waals surface area contributed by atoms with E-state index in [4.69, 9.17) is 4.74 Å². The molecule has 4 rings (SSSR count). The Balaban J connectivity index is 1.53. The maximum atomic E-state index is 12.7. The molecule has 3 amide bonds. The monoisotopic (exact) mass is 428 g/mol. The van der Waals surface area contributed by atoms with Gasteiger partial charge in [-0.25, -0.2) is 0 Å². The van der Waals surface area contributed by atoms with Crippen LogP contribution in [0, 0.1) is 0 Å². The molecule has 2 aromatic rings. The molecule has 0 bridgehead atoms. The number of carbonyl (C=O) groups is 3. The smallest absolute Gasteiger partial charge is 0.261 e. The molecule has 2 aliphatic rings. The number of fused-ring (bicyclic) bond motifs is 1. The Labute approximate surface area is 164 Å². The Bertz CT molecular complexity index is 937. The van der Waals surface area contributed by atoms with Crippen LogP contribution in [0.4, 0.5) is 5.69 Å². The van der Waals surface area contributed by atoms with Crippen LogP contribution in [0.25, 0.3) is 0 Å². The second-order valence-corrected chi connectivity index (χ2v) is 7.50. The topological polar surface area (TPSA) is 75.7 Å². The average molecular weight is 429 g/mol. The van der Waals surface area contributed by atoms with Gasteiger partial charge in [0.15, 0.2) is 0 Å². The number of benzene rings is 2. The van der Waals surface area contributed by atoms with E-state index in [0.29, 0.717) is 29.0 Å². The summed E-state index contributed by atoms with van der Waals surface area (Å²) < 4.78 is 6.34. The molecule has 1 saturated heterocycles. The zero-order valence-electron chi connectivity index (χ0n) is 14.4. The third-order valence-corrected chi connectivity index (χ3v) is 5.22. The number of hydrogen-bond donors (Lipinski definition) is 1. The van der Waals surface area contributed by atoms with Gasteiger partial charge in [0.05, 0.1) is 23.8 Å². The fourth-order valence-corrected chi connectivity index (χ4v) is 3.76. The second kappa shape index (κ2) is 7.25. The van der Waals surface area contributed by atoms with Crippen LogP contribution < -0.4 is 5.32 Å². The molecule has 6 nitrogen and oxygen atoms in total. The Morgan fingerprint density at radius 3 is 2.70 bits per heavy atom. The van der Waals surface area contributed by atoms with Crippen molar-refractivity contribution in [3.63, 3.8) is 0 Å². The number of imide groups is 1. The predicted molar refractivity (Wildman–Crippen MR) is 103 cm³/mol. The van der Waals surface area contributed by atoms with Gasteiger partial charge in [0.2, 0.25) is 0 Å². The lowest BCUT2D eigenvalue weighted by atomic mass is 10.1. The summed E-state index contributed by atoms with van der Waals surface area (Å²) in [6.45, 7) is 0.936. The maximum Gasteiger partial charge on any atom is 0.261 e. The van der Waals surface area contributed by atoms with Crippen LogP contribution in [0.5, 0.6) is 0 Å². The molecule has 138 valence electrons. The number of anilines is 1. The van der Waals surface area contributed by atoms with E-state index in [1.807, 2.05) is 6.07 Å². The number of amides is 3. The molecule has 2 aliphatic heterocycles. The first-order valence-electron chi connectivity index (χ1n) is 8.72. The van der Waals surface area contributed by atoms with Crippen molar-refractivity contribution in [2.75, 3.05) is 18.5 Å². The fraction of sp³-hybridized carbons (Fsp3) is 0.250. The molecule has 1 N–H and O–H groups in total. The van der Waals surface area contributed by atoms with Gasteiger partial charge in [0.1, 0.15) is 0 Å². The third-order valence-electron chi connectivity index (χ3n) is 4.73. The summed E-state index contributed by atoms with van der Waals surface area (Å²) >= 11 is 3.34. The van der Waals surface area contributed by atoms with Gasteiger partial charge in [-0.2, -0.15) is 0 Å². The Morgan fingerprint density at radius 2 is 1.96 bits per heavy atom. The molecule has 1 atom stereocenters. The molecule has 0 saturated carbocycles. The molecule has 2 heterocycles. The number of halogens is 1. The van der Waals surface area contributed by atoms with Crippen molar-refractivity contribution in [1.29, 1.82) is 0 Å². The standard InChI is InChI=1S/C20H17BrN2O4/c21-13-4-1-3-12(9-13)18(24)22-14-6-7-16-17(10-14)20(26)23(19(16)25)11-15-5-2-8-27-15/h1,3-4,6-7,9-10,15H,2,5,8,11H2,(H,22,24)/t15-/m0/s1. The second-order valence-electron chi connectivity index (χ2n) is 6.58. The fourth-order valence-electron chi connectivity index (χ4n) is 3.36. The number of nitrogens with zero attached hydrogens (tertiary/aromatic N) is 1. The normalized spacial score (nSPS) is 18.7. The van der Waals surface area contributed by atoms with E-state index >= 15 is 0 Å². The van der Waals surface area contributed by atoms with Crippen LogP contribution in [-0.4, -0.2) is 41.9 Å². The largest absolute Gasteiger partial charge is 0.376 e. The van der Waals surface area contributed by atoms with E-state index < -0.39 is 0 Å². The highest BCUT2D eigenvalue weighted by molar-refractivity contribution is 9.10. The summed E-state index contributed by atoms with van der Waals surface area (Å²) in [6, 6.07) is 11.8. The summed E-state index contributed by atoms with van der Waals surface area (Å²) in [6.07, 6.45) is 1.70. The number of hydrogen-bond acceptors (Lipinski definition) is 4. The maximum absolute atomic E-state index is 12.7. The summed E-state index contributed by atoms with van der Waals surface area (Å²) in [5.74, 6) is -0.941. The quantitative estimate of drug-likeness (QED) is 0.756. The SMILES string of the molecule is O=C(Nc1ccc2c(c1)C(=O)N(C[C@@H]1CCCO1)C2=O)c1cccc(Br)c1. The lowest BCUT2D eigenvalue weighted by Crippen LogP contribution is -2.36. The Morgan fingerprint density at radius 1 is 1.15 bits per heavy atom. The van der Waals surface area contributed by atoms with Gasteiger partial charge in [0, 0.05) is 22.3 Å². The Kier molecular flexibility index (Phi) is 4.80. The minimum atomic E-state index is -0.343. The summed E-state index contributed by atoms with van der Waals surface area (Å²) in [4.78, 5) is 38.9. The molecule has 0 spiro atoms. The first-order valence-corrected chi connectivity index (χ1v) is 9.51. The molecule has 1 fully saturated rings. The van der Waals surface area contributed by atoms with Crippen molar-refractivity contribution in [2.24, 2.45) is 0 Å². The summed E-state index contributed by atoms with van der Waals surface area (Å²) in [5, 5.41) is 2.77. The number of nitrogens with one attached hydrogen (secondary N) is 1. The summed E-state index contributed by atoms with van der Waals surface area (Å²) in [7, 11) is 0. The molecular formula is C20H17BrN2O4. The van der Waals surface area contributed by atoms with Crippen LogP contribution in [0.1, 0.15) is 43.9 Å². The molecular weight excluding hydrogens is 412 g/mol. The molecule has 27 heavy (non-hydrogen) atoms. The highest BCUT2D eigenvalue weighted by Gasteiger charge is 2.37. The third kappa shape index (κ3) is 3.52. The van der Waals surface area contributed by atoms with Gasteiger partial charge in [0.25, 0.3) is 17.7 Å². The minimum Gasteiger partial charge on any atom is -0.376 e. The highest BCUT2D eigenvalue weighted by atomic mass is 79.9. The van der Waals surface area contributed by atoms with E-state index in [1.165, 1.54) is 4.90 Å². The van der Waals surface area contributed by atoms with E-state index in [1.54, 1.807) is 36.4 Å². The summed E-state index contributed by atoms with van der Waals surface area (Å²) in [5.41, 5.74) is 1.63. The van der Waals surface area contributed by atoms with Gasteiger partial charge in [-0.15, -0.1) is 0 Å². The predicted octanol–water partition coefficient (Wildman–Crippen LogP) is 3.48. The molecule has 7 heteroatoms. The molecule has 0 unspecified atom stereocenters. The van der Waals surface area contributed by atoms with Gasteiger partial charge >= 0.3 is 0 Å². The zero-order valence-corrected chi connectivity index (χ0v) is 16.0. The van der Waals surface area contributed by atoms with Crippen molar-refractivity contribution in [3.05, 3.63) is 63.6 Å². The van der Waals surface area contributed by atoms with Gasteiger partial charge in [-0.3, -0.25) is 19.3 Å². The van der Waals surface area contributed by atoms with E-state index in [9.17, 15) is 14.4 Å².